The molecule has 8 heteroatoms. The van der Waals surface area contributed by atoms with Gasteiger partial charge in [0.25, 0.3) is 0 Å². The molecule has 5 nitrogen and oxygen atoms in total. The molecule has 0 radical (unpaired) electrons. The number of nitrogens with two attached hydrogens (primary N) is 1. The van der Waals surface area contributed by atoms with Crippen LogP contribution >= 0.6 is 0 Å². The van der Waals surface area contributed by atoms with Crippen molar-refractivity contribution in [3.8, 4) is 0 Å². The van der Waals surface area contributed by atoms with Crippen molar-refractivity contribution in [2.24, 2.45) is 0 Å². The SMILES string of the molecule is Nc1ccc2c(c1C(=O)O)CCC(=O)N2CC(F)(F)F. The van der Waals surface area contributed by atoms with E-state index < -0.39 is 24.6 Å². The highest BCUT2D eigenvalue weighted by Gasteiger charge is 2.37. The van der Waals surface area contributed by atoms with Crippen LogP contribution in [0.25, 0.3) is 0 Å². The number of halogens is 3. The summed E-state index contributed by atoms with van der Waals surface area (Å²) in [4.78, 5) is 23.4. The largest absolute Gasteiger partial charge is 0.478 e. The molecule has 0 bridgehead atoms. The van der Waals surface area contributed by atoms with Crippen LogP contribution in [-0.4, -0.2) is 29.7 Å². The highest BCUT2D eigenvalue weighted by atomic mass is 19.4. The number of carboxylic acids is 1. The summed E-state index contributed by atoms with van der Waals surface area (Å²) in [6.07, 6.45) is -4.67. The molecular weight excluding hydrogens is 277 g/mol. The van der Waals surface area contributed by atoms with E-state index >= 15 is 0 Å². The van der Waals surface area contributed by atoms with E-state index in [1.165, 1.54) is 12.1 Å². The van der Waals surface area contributed by atoms with Gasteiger partial charge in [0.2, 0.25) is 5.91 Å². The Morgan fingerprint density at radius 2 is 2.00 bits per heavy atom. The normalized spacial score (nSPS) is 15.2. The maximum atomic E-state index is 12.5. The van der Waals surface area contributed by atoms with E-state index in [0.29, 0.717) is 4.90 Å². The van der Waals surface area contributed by atoms with E-state index in [-0.39, 0.29) is 35.3 Å². The minimum Gasteiger partial charge on any atom is -0.478 e. The number of benzene rings is 1. The molecule has 1 aliphatic heterocycles. The fourth-order valence-corrected chi connectivity index (χ4v) is 2.27. The molecule has 3 N–H and O–H groups in total. The van der Waals surface area contributed by atoms with E-state index in [1.807, 2.05) is 0 Å². The summed E-state index contributed by atoms with van der Waals surface area (Å²) in [6.45, 7) is -1.44. The number of fused-ring (bicyclic) bond motifs is 1. The van der Waals surface area contributed by atoms with Crippen molar-refractivity contribution in [3.05, 3.63) is 23.3 Å². The van der Waals surface area contributed by atoms with Gasteiger partial charge in [0.05, 0.1) is 5.56 Å². The maximum Gasteiger partial charge on any atom is 0.406 e. The van der Waals surface area contributed by atoms with Gasteiger partial charge in [0.1, 0.15) is 6.54 Å². The number of aromatic carboxylic acids is 1. The molecule has 0 spiro atoms. The molecule has 20 heavy (non-hydrogen) atoms. The number of hydrogen-bond acceptors (Lipinski definition) is 3. The van der Waals surface area contributed by atoms with Crippen LogP contribution in [0.5, 0.6) is 0 Å². The van der Waals surface area contributed by atoms with Crippen molar-refractivity contribution >= 4 is 23.3 Å². The fourth-order valence-electron chi connectivity index (χ4n) is 2.27. The lowest BCUT2D eigenvalue weighted by atomic mass is 9.94. The molecule has 0 fully saturated rings. The van der Waals surface area contributed by atoms with Crippen LogP contribution in [0, 0.1) is 0 Å². The first kappa shape index (κ1) is 14.2. The Morgan fingerprint density at radius 3 is 2.55 bits per heavy atom. The number of hydrogen-bond donors (Lipinski definition) is 2. The van der Waals surface area contributed by atoms with Crippen LogP contribution in [0.1, 0.15) is 22.3 Å². The highest BCUT2D eigenvalue weighted by Crippen LogP contribution is 2.35. The Kier molecular flexibility index (Phi) is 3.33. The van der Waals surface area contributed by atoms with Gasteiger partial charge in [-0.25, -0.2) is 4.79 Å². The lowest BCUT2D eigenvalue weighted by molar-refractivity contribution is -0.132. The minimum absolute atomic E-state index is 0.0300. The zero-order chi connectivity index (χ0) is 15.1. The number of alkyl halides is 3. The average molecular weight is 288 g/mol. The summed E-state index contributed by atoms with van der Waals surface area (Å²) >= 11 is 0. The number of carbonyl (C=O) groups is 2. The number of amides is 1. The van der Waals surface area contributed by atoms with Gasteiger partial charge in [-0.15, -0.1) is 0 Å². The van der Waals surface area contributed by atoms with Crippen molar-refractivity contribution in [2.45, 2.75) is 19.0 Å². The predicted octanol–water partition coefficient (Wildman–Crippen LogP) is 1.81. The number of carboxylic acid groups (broad SMARTS) is 1. The topological polar surface area (TPSA) is 83.6 Å². The van der Waals surface area contributed by atoms with Gasteiger partial charge in [0.15, 0.2) is 0 Å². The first-order valence-electron chi connectivity index (χ1n) is 5.72. The summed E-state index contributed by atoms with van der Waals surface area (Å²) < 4.78 is 37.5. The monoisotopic (exact) mass is 288 g/mol. The first-order chi connectivity index (χ1) is 9.20. The van der Waals surface area contributed by atoms with Crippen LogP contribution in [0.15, 0.2) is 12.1 Å². The van der Waals surface area contributed by atoms with Crippen LogP contribution in [0.2, 0.25) is 0 Å². The van der Waals surface area contributed by atoms with Gasteiger partial charge in [0, 0.05) is 17.8 Å². The quantitative estimate of drug-likeness (QED) is 0.813. The zero-order valence-electron chi connectivity index (χ0n) is 10.2. The van der Waals surface area contributed by atoms with Crippen molar-refractivity contribution in [1.82, 2.24) is 0 Å². The molecule has 1 heterocycles. The molecule has 0 aliphatic carbocycles. The number of nitrogen functional groups attached to an aromatic ring is 1. The lowest BCUT2D eigenvalue weighted by Crippen LogP contribution is -2.42. The molecule has 2 rings (SSSR count). The summed E-state index contributed by atoms with van der Waals surface area (Å²) in [6, 6.07) is 2.45. The van der Waals surface area contributed by atoms with E-state index in [1.54, 1.807) is 0 Å². The zero-order valence-corrected chi connectivity index (χ0v) is 10.2. The van der Waals surface area contributed by atoms with Gasteiger partial charge in [-0.3, -0.25) is 4.79 Å². The Labute approximate surface area is 111 Å². The Bertz CT molecular complexity index is 584. The molecule has 0 saturated carbocycles. The van der Waals surface area contributed by atoms with E-state index in [9.17, 15) is 22.8 Å². The molecule has 108 valence electrons. The standard InChI is InChI=1S/C12H11F3N2O3/c13-12(14,15)5-17-8-3-2-7(16)10(11(19)20)6(8)1-4-9(17)18/h2-3H,1,4-5,16H2,(H,19,20). The van der Waals surface area contributed by atoms with E-state index in [0.717, 1.165) is 0 Å². The van der Waals surface area contributed by atoms with Gasteiger partial charge < -0.3 is 15.7 Å². The smallest absolute Gasteiger partial charge is 0.406 e. The van der Waals surface area contributed by atoms with E-state index in [2.05, 4.69) is 0 Å². The third kappa shape index (κ3) is 2.54. The van der Waals surface area contributed by atoms with Crippen molar-refractivity contribution < 1.29 is 27.9 Å². The predicted molar refractivity (Wildman–Crippen MR) is 64.5 cm³/mol. The van der Waals surface area contributed by atoms with Gasteiger partial charge >= 0.3 is 12.1 Å². The van der Waals surface area contributed by atoms with Crippen LogP contribution in [-0.2, 0) is 11.2 Å². The van der Waals surface area contributed by atoms with Gasteiger partial charge in [-0.2, -0.15) is 13.2 Å². The molecule has 0 atom stereocenters. The number of rotatable bonds is 2. The number of carbonyl (C=O) groups excluding carboxylic acids is 1. The minimum atomic E-state index is -4.56. The third-order valence-electron chi connectivity index (χ3n) is 3.05. The second-order valence-corrected chi connectivity index (χ2v) is 4.43. The van der Waals surface area contributed by atoms with Crippen molar-refractivity contribution in [2.75, 3.05) is 17.2 Å². The molecule has 0 saturated heterocycles. The third-order valence-corrected chi connectivity index (χ3v) is 3.05. The van der Waals surface area contributed by atoms with Gasteiger partial charge in [-0.1, -0.05) is 0 Å². The molecule has 1 aromatic rings. The van der Waals surface area contributed by atoms with Gasteiger partial charge in [-0.05, 0) is 24.1 Å². The van der Waals surface area contributed by atoms with Crippen LogP contribution in [0.3, 0.4) is 0 Å². The Morgan fingerprint density at radius 1 is 1.35 bits per heavy atom. The molecule has 0 unspecified atom stereocenters. The summed E-state index contributed by atoms with van der Waals surface area (Å²) in [5, 5.41) is 9.10. The summed E-state index contributed by atoms with van der Waals surface area (Å²) in [5.41, 5.74) is 5.41. The molecular formula is C12H11F3N2O3. The Balaban J connectivity index is 2.55. The highest BCUT2D eigenvalue weighted by molar-refractivity contribution is 6.03. The molecule has 0 aromatic heterocycles. The first-order valence-corrected chi connectivity index (χ1v) is 5.72. The second kappa shape index (κ2) is 4.69. The molecule has 1 aromatic carbocycles. The molecule has 1 aliphatic rings. The fraction of sp³-hybridized carbons (Fsp3) is 0.333. The number of nitrogens with zero attached hydrogens (tertiary/aromatic N) is 1. The lowest BCUT2D eigenvalue weighted by Gasteiger charge is -2.31. The number of anilines is 2. The second-order valence-electron chi connectivity index (χ2n) is 4.43. The molecule has 1 amide bonds. The van der Waals surface area contributed by atoms with Crippen LogP contribution < -0.4 is 10.6 Å². The van der Waals surface area contributed by atoms with Crippen molar-refractivity contribution in [3.63, 3.8) is 0 Å². The maximum absolute atomic E-state index is 12.5. The summed E-state index contributed by atoms with van der Waals surface area (Å²) in [7, 11) is 0. The Hall–Kier alpha value is -2.25. The van der Waals surface area contributed by atoms with E-state index in [4.69, 9.17) is 10.8 Å². The van der Waals surface area contributed by atoms with Crippen molar-refractivity contribution in [1.29, 1.82) is 0 Å². The van der Waals surface area contributed by atoms with Crippen LogP contribution in [0.4, 0.5) is 24.5 Å². The average Bonchev–Trinajstić information content (AvgIpc) is 2.30. The summed E-state index contributed by atoms with van der Waals surface area (Å²) in [5.74, 6) is -2.00.